The number of aryl methyl sites for hydroxylation is 3. The van der Waals surface area contributed by atoms with Crippen molar-refractivity contribution in [3.63, 3.8) is 0 Å². The molecule has 0 N–H and O–H groups in total. The Labute approximate surface area is 629 Å². The number of pyridine rings is 2. The maximum absolute atomic E-state index is 6.96. The van der Waals surface area contributed by atoms with Crippen LogP contribution in [0.5, 0.6) is 34.5 Å². The normalized spacial score (nSPS) is 12.8. The van der Waals surface area contributed by atoms with E-state index in [2.05, 4.69) is 280 Å². The molecule has 6 heterocycles. The van der Waals surface area contributed by atoms with E-state index in [0.717, 1.165) is 45.6 Å². The average molecular weight is 1450 g/mol. The first-order valence-corrected chi connectivity index (χ1v) is 38.8. The van der Waals surface area contributed by atoms with Gasteiger partial charge in [0.25, 0.3) is 0 Å². The van der Waals surface area contributed by atoms with Gasteiger partial charge in [0, 0.05) is 69.8 Å². The molecule has 0 saturated heterocycles. The van der Waals surface area contributed by atoms with Crippen LogP contribution in [0.3, 0.4) is 0 Å². The molecule has 2 aromatic heterocycles. The SMILES string of the molecule is Cc1ccnc(-c2cc(CCc3cc(OCc4cc(OCCN5c6ccccc6Sc6ccccc65)cc(OCCN5c6ccccc6Sc6ccccc65)c4)cc(OCc4cc(OCCN5c6ccccc6Sc6ccccc65)cc(OCCN5c6ccccc6Sc6ccccc65)c4)c3)ccn2)c1. The van der Waals surface area contributed by atoms with Crippen molar-refractivity contribution in [3.8, 4) is 45.9 Å². The number of fused-ring (bicyclic) bond motifs is 8. The fourth-order valence-electron chi connectivity index (χ4n) is 13.9. The smallest absolute Gasteiger partial charge is 0.123 e. The summed E-state index contributed by atoms with van der Waals surface area (Å²) >= 11 is 7.21. The van der Waals surface area contributed by atoms with Gasteiger partial charge in [-0.2, -0.15) is 0 Å². The molecule has 4 aliphatic heterocycles. The van der Waals surface area contributed by atoms with Crippen molar-refractivity contribution in [3.05, 3.63) is 313 Å². The molecule has 520 valence electrons. The molecule has 0 amide bonds. The maximum atomic E-state index is 6.96. The summed E-state index contributed by atoms with van der Waals surface area (Å²) in [5.41, 5.74) is 16.1. The van der Waals surface area contributed by atoms with Gasteiger partial charge in [0.2, 0.25) is 0 Å². The zero-order valence-corrected chi connectivity index (χ0v) is 61.2. The van der Waals surface area contributed by atoms with E-state index in [-0.39, 0.29) is 13.2 Å². The number of rotatable bonds is 26. The minimum atomic E-state index is 0.225. The van der Waals surface area contributed by atoms with Crippen molar-refractivity contribution in [1.29, 1.82) is 0 Å². The van der Waals surface area contributed by atoms with E-state index in [4.69, 9.17) is 33.4 Å². The standard InChI is InChI=1S/C89H74N6O6S4/c1-61-36-38-90-72(48-61)73-55-62(37-39-91-73)34-35-63-49-70(100-59-64-51-66(96-44-40-92-74-18-2-10-26-82(74)102-83-27-11-3-19-75(83)92)56-67(52-64)97-45-41-93-76-20-4-12-28-84(76)103-85-29-13-5-21-77(85)93)58-71(50-63)101-60-65-53-68(98-46-42-94-78-22-6-14-30-86(78)104-87-31-15-7-23-79(87)94)57-69(54-65)99-47-43-95-80-24-8-16-32-88(80)105-89-33-17-9-25-81(89)95/h2-33,36-39,48-58H,34-35,40-47,59-60H2,1H3. The zero-order valence-electron chi connectivity index (χ0n) is 57.9. The number of para-hydroxylation sites is 8. The van der Waals surface area contributed by atoms with Gasteiger partial charge in [0.15, 0.2) is 0 Å². The van der Waals surface area contributed by atoms with E-state index in [0.29, 0.717) is 93.5 Å². The number of nitrogens with zero attached hydrogens (tertiary/aromatic N) is 6. The molecule has 0 saturated carbocycles. The molecule has 0 bridgehead atoms. The second-order valence-corrected chi connectivity index (χ2v) is 30.3. The lowest BCUT2D eigenvalue weighted by atomic mass is 10.0. The molecule has 11 aromatic carbocycles. The van der Waals surface area contributed by atoms with Gasteiger partial charge in [-0.3, -0.25) is 9.97 Å². The minimum Gasteiger partial charge on any atom is -0.492 e. The van der Waals surface area contributed by atoms with Crippen molar-refractivity contribution in [2.75, 3.05) is 72.2 Å². The van der Waals surface area contributed by atoms with Gasteiger partial charge in [-0.1, -0.05) is 144 Å². The first kappa shape index (κ1) is 67.3. The third-order valence-electron chi connectivity index (χ3n) is 18.8. The van der Waals surface area contributed by atoms with Gasteiger partial charge in [-0.25, -0.2) is 0 Å². The topological polar surface area (TPSA) is 94.1 Å². The highest BCUT2D eigenvalue weighted by Gasteiger charge is 2.28. The number of benzene rings is 11. The highest BCUT2D eigenvalue weighted by Crippen LogP contribution is 2.52. The van der Waals surface area contributed by atoms with Crippen LogP contribution in [0.2, 0.25) is 0 Å². The summed E-state index contributed by atoms with van der Waals surface area (Å²) in [6.45, 7) is 6.75. The number of hydrogen-bond acceptors (Lipinski definition) is 16. The van der Waals surface area contributed by atoms with E-state index >= 15 is 0 Å². The first-order valence-electron chi connectivity index (χ1n) is 35.5. The van der Waals surface area contributed by atoms with Crippen LogP contribution in [0, 0.1) is 6.92 Å². The molecule has 13 aromatic rings. The summed E-state index contributed by atoms with van der Waals surface area (Å²) in [5, 5.41) is 0. The molecule has 0 aliphatic carbocycles. The van der Waals surface area contributed by atoms with Gasteiger partial charge < -0.3 is 48.0 Å². The molecule has 17 rings (SSSR count). The summed E-state index contributed by atoms with van der Waals surface area (Å²) in [4.78, 5) is 28.6. The number of anilines is 8. The molecule has 4 aliphatic rings. The van der Waals surface area contributed by atoms with Gasteiger partial charge in [0.05, 0.1) is 83.1 Å². The predicted octanol–water partition coefficient (Wildman–Crippen LogP) is 22.1. The maximum Gasteiger partial charge on any atom is 0.123 e. The van der Waals surface area contributed by atoms with Crippen LogP contribution < -0.4 is 48.0 Å². The van der Waals surface area contributed by atoms with Gasteiger partial charge in [0.1, 0.15) is 74.1 Å². The number of aromatic nitrogens is 2. The summed E-state index contributed by atoms with van der Waals surface area (Å²) in [7, 11) is 0. The molecular weight excluding hydrogens is 1380 g/mol. The summed E-state index contributed by atoms with van der Waals surface area (Å²) < 4.78 is 41.2. The number of hydrogen-bond donors (Lipinski definition) is 0. The Kier molecular flexibility index (Phi) is 20.0. The Balaban J connectivity index is 0.656. The van der Waals surface area contributed by atoms with Crippen molar-refractivity contribution in [2.24, 2.45) is 0 Å². The van der Waals surface area contributed by atoms with E-state index in [1.165, 1.54) is 84.7 Å². The van der Waals surface area contributed by atoms with Crippen LogP contribution in [0.4, 0.5) is 45.5 Å². The van der Waals surface area contributed by atoms with Crippen molar-refractivity contribution >= 4 is 92.5 Å². The lowest BCUT2D eigenvalue weighted by Gasteiger charge is -2.32. The molecule has 12 nitrogen and oxygen atoms in total. The molecule has 0 unspecified atom stereocenters. The molecule has 0 spiro atoms. The fraction of sp³-hybridized carbons (Fsp3) is 0.146. The quantitative estimate of drug-likeness (QED) is 0.0514. The summed E-state index contributed by atoms with van der Waals surface area (Å²) in [6.07, 6.45) is 5.16. The molecule has 105 heavy (non-hydrogen) atoms. The van der Waals surface area contributed by atoms with Crippen LogP contribution in [0.25, 0.3) is 11.4 Å². The van der Waals surface area contributed by atoms with Crippen LogP contribution in [-0.4, -0.2) is 62.6 Å². The van der Waals surface area contributed by atoms with E-state index in [9.17, 15) is 0 Å². The second-order valence-electron chi connectivity index (χ2n) is 25.9. The monoisotopic (exact) mass is 1450 g/mol. The fourth-order valence-corrected chi connectivity index (χ4v) is 18.3. The molecule has 0 fully saturated rings. The molecular formula is C89H74N6O6S4. The van der Waals surface area contributed by atoms with Crippen LogP contribution in [0.15, 0.2) is 325 Å². The van der Waals surface area contributed by atoms with E-state index < -0.39 is 0 Å². The summed E-state index contributed by atoms with van der Waals surface area (Å²) in [5.74, 6) is 4.09. The first-order chi connectivity index (χ1) is 51.9. The van der Waals surface area contributed by atoms with Gasteiger partial charge in [-0.15, -0.1) is 0 Å². The van der Waals surface area contributed by atoms with Crippen LogP contribution in [-0.2, 0) is 26.1 Å². The van der Waals surface area contributed by atoms with Gasteiger partial charge >= 0.3 is 0 Å². The predicted molar refractivity (Wildman–Crippen MR) is 426 cm³/mol. The van der Waals surface area contributed by atoms with Gasteiger partial charge in [-0.05, 0) is 205 Å². The highest BCUT2D eigenvalue weighted by molar-refractivity contribution is 8.00. The zero-order chi connectivity index (χ0) is 70.3. The van der Waals surface area contributed by atoms with Crippen molar-refractivity contribution < 1.29 is 28.4 Å². The van der Waals surface area contributed by atoms with Crippen LogP contribution >= 0.6 is 47.0 Å². The lowest BCUT2D eigenvalue weighted by molar-refractivity contribution is 0.282. The third-order valence-corrected chi connectivity index (χ3v) is 23.3. The van der Waals surface area contributed by atoms with Crippen LogP contribution in [0.1, 0.15) is 27.8 Å². The summed E-state index contributed by atoms with van der Waals surface area (Å²) in [6, 6.07) is 95.6. The Morgan fingerprint density at radius 2 is 0.514 bits per heavy atom. The van der Waals surface area contributed by atoms with Crippen molar-refractivity contribution in [2.45, 2.75) is 72.1 Å². The molecule has 16 heteroatoms. The minimum absolute atomic E-state index is 0.225. The Hall–Kier alpha value is -10.9. The lowest BCUT2D eigenvalue weighted by Crippen LogP contribution is -2.26. The second kappa shape index (κ2) is 31.2. The highest BCUT2D eigenvalue weighted by atomic mass is 32.2. The Morgan fingerprint density at radius 1 is 0.257 bits per heavy atom. The Bertz CT molecular complexity index is 4610. The molecule has 0 radical (unpaired) electrons. The third kappa shape index (κ3) is 15.4. The van der Waals surface area contributed by atoms with E-state index in [1.54, 1.807) is 47.0 Å². The van der Waals surface area contributed by atoms with Crippen molar-refractivity contribution in [1.82, 2.24) is 9.97 Å². The number of ether oxygens (including phenoxy) is 6. The van der Waals surface area contributed by atoms with E-state index in [1.807, 2.05) is 36.7 Å². The average Bonchev–Trinajstić information content (AvgIpc) is 0.792. The molecule has 0 atom stereocenters. The largest absolute Gasteiger partial charge is 0.492 e. The Morgan fingerprint density at radius 3 is 0.819 bits per heavy atom.